The Morgan fingerprint density at radius 3 is 2.47 bits per heavy atom. The van der Waals surface area contributed by atoms with Crippen LogP contribution in [0.3, 0.4) is 0 Å². The van der Waals surface area contributed by atoms with Crippen molar-refractivity contribution in [2.24, 2.45) is 11.7 Å². The monoisotopic (exact) mass is 216 g/mol. The van der Waals surface area contributed by atoms with E-state index in [1.807, 2.05) is 0 Å². The van der Waals surface area contributed by atoms with Gasteiger partial charge in [-0.1, -0.05) is 6.92 Å². The molecule has 0 unspecified atom stereocenters. The third kappa shape index (κ3) is 8.39. The molecule has 0 aromatic heterocycles. The molecule has 1 saturated heterocycles. The standard InChI is InChI=1S/C10H21NO.CH3NO/c1-3-12-9-8-11-6-4-10(2)5-7-11;2-1-3/h10H,3-9H2,1-2H3;1H,(H2,2,3). The first-order chi connectivity index (χ1) is 7.24. The summed E-state index contributed by atoms with van der Waals surface area (Å²) >= 11 is 0. The number of ether oxygens (including phenoxy) is 1. The number of primary amides is 1. The third-order valence-electron chi connectivity index (χ3n) is 2.63. The van der Waals surface area contributed by atoms with Gasteiger partial charge in [0.15, 0.2) is 0 Å². The Morgan fingerprint density at radius 2 is 2.00 bits per heavy atom. The molecule has 4 nitrogen and oxygen atoms in total. The molecule has 1 aliphatic heterocycles. The van der Waals surface area contributed by atoms with Crippen molar-refractivity contribution < 1.29 is 9.53 Å². The Bertz CT molecular complexity index is 146. The zero-order valence-corrected chi connectivity index (χ0v) is 9.95. The number of hydrogen-bond acceptors (Lipinski definition) is 3. The number of amides is 1. The van der Waals surface area contributed by atoms with Gasteiger partial charge >= 0.3 is 0 Å². The first kappa shape index (κ1) is 14.4. The molecule has 0 radical (unpaired) electrons. The van der Waals surface area contributed by atoms with Gasteiger partial charge in [-0.2, -0.15) is 0 Å². The van der Waals surface area contributed by atoms with Crippen LogP contribution in [0.25, 0.3) is 0 Å². The SMILES string of the molecule is CCOCCN1CCC(C)CC1.NC=O. The molecule has 0 bridgehead atoms. The van der Waals surface area contributed by atoms with E-state index in [1.165, 1.54) is 25.9 Å². The highest BCUT2D eigenvalue weighted by molar-refractivity contribution is 5.42. The second-order valence-corrected chi connectivity index (χ2v) is 3.86. The van der Waals surface area contributed by atoms with Crippen molar-refractivity contribution in [3.63, 3.8) is 0 Å². The van der Waals surface area contributed by atoms with E-state index in [4.69, 9.17) is 9.53 Å². The summed E-state index contributed by atoms with van der Waals surface area (Å²) in [6, 6.07) is 0. The summed E-state index contributed by atoms with van der Waals surface area (Å²) in [6.07, 6.45) is 2.98. The first-order valence-electron chi connectivity index (χ1n) is 5.70. The lowest BCUT2D eigenvalue weighted by molar-refractivity contribution is -0.106. The normalized spacial score (nSPS) is 18.0. The van der Waals surface area contributed by atoms with Crippen molar-refractivity contribution in [3.8, 4) is 0 Å². The van der Waals surface area contributed by atoms with Gasteiger partial charge in [0.2, 0.25) is 6.41 Å². The fourth-order valence-electron chi connectivity index (χ4n) is 1.62. The number of carbonyl (C=O) groups excluding carboxylic acids is 1. The number of rotatable bonds is 4. The first-order valence-corrected chi connectivity index (χ1v) is 5.70. The van der Waals surface area contributed by atoms with Crippen LogP contribution in [0.15, 0.2) is 0 Å². The predicted octanol–water partition coefficient (Wildman–Crippen LogP) is 0.856. The largest absolute Gasteiger partial charge is 0.380 e. The summed E-state index contributed by atoms with van der Waals surface area (Å²) in [5.74, 6) is 0.938. The van der Waals surface area contributed by atoms with Crippen LogP contribution in [-0.2, 0) is 9.53 Å². The van der Waals surface area contributed by atoms with Crippen LogP contribution in [0.2, 0.25) is 0 Å². The minimum Gasteiger partial charge on any atom is -0.380 e. The van der Waals surface area contributed by atoms with Gasteiger partial charge in [-0.3, -0.25) is 4.79 Å². The van der Waals surface area contributed by atoms with Crippen LogP contribution in [0.1, 0.15) is 26.7 Å². The van der Waals surface area contributed by atoms with Crippen LogP contribution >= 0.6 is 0 Å². The molecular formula is C11H24N2O2. The molecule has 0 spiro atoms. The van der Waals surface area contributed by atoms with E-state index in [0.29, 0.717) is 0 Å². The van der Waals surface area contributed by atoms with Crippen molar-refractivity contribution in [1.82, 2.24) is 4.90 Å². The van der Waals surface area contributed by atoms with Crippen LogP contribution in [0.4, 0.5) is 0 Å². The summed E-state index contributed by atoms with van der Waals surface area (Å²) in [5.41, 5.74) is 4.17. The van der Waals surface area contributed by atoms with Gasteiger partial charge in [0.1, 0.15) is 0 Å². The molecule has 1 aliphatic rings. The number of likely N-dealkylation sites (tertiary alicyclic amines) is 1. The average Bonchev–Trinajstić information content (AvgIpc) is 2.23. The fourth-order valence-corrected chi connectivity index (χ4v) is 1.62. The van der Waals surface area contributed by atoms with Gasteiger partial charge < -0.3 is 15.4 Å². The number of nitrogens with two attached hydrogens (primary N) is 1. The Labute approximate surface area is 92.8 Å². The number of carbonyl (C=O) groups is 1. The van der Waals surface area contributed by atoms with Gasteiger partial charge in [0.25, 0.3) is 0 Å². The molecule has 0 atom stereocenters. The van der Waals surface area contributed by atoms with E-state index < -0.39 is 0 Å². The fraction of sp³-hybridized carbons (Fsp3) is 0.909. The molecule has 0 aromatic rings. The Kier molecular flexibility index (Phi) is 9.52. The molecule has 90 valence electrons. The number of piperidine rings is 1. The molecule has 4 heteroatoms. The second kappa shape index (κ2) is 9.93. The van der Waals surface area contributed by atoms with Gasteiger partial charge in [-0.15, -0.1) is 0 Å². The lowest BCUT2D eigenvalue weighted by Crippen LogP contribution is -2.35. The van der Waals surface area contributed by atoms with Crippen molar-refractivity contribution in [2.45, 2.75) is 26.7 Å². The van der Waals surface area contributed by atoms with E-state index in [0.717, 1.165) is 25.7 Å². The molecule has 0 aromatic carbocycles. The summed E-state index contributed by atoms with van der Waals surface area (Å²) < 4.78 is 5.32. The minimum atomic E-state index is 0.250. The third-order valence-corrected chi connectivity index (χ3v) is 2.63. The molecule has 1 amide bonds. The van der Waals surface area contributed by atoms with Gasteiger partial charge in [0, 0.05) is 13.2 Å². The summed E-state index contributed by atoms with van der Waals surface area (Å²) in [4.78, 5) is 11.1. The van der Waals surface area contributed by atoms with Crippen LogP contribution < -0.4 is 5.73 Å². The highest BCUT2D eigenvalue weighted by Gasteiger charge is 2.14. The minimum absolute atomic E-state index is 0.250. The van der Waals surface area contributed by atoms with E-state index in [9.17, 15) is 0 Å². The van der Waals surface area contributed by atoms with Crippen molar-refractivity contribution in [3.05, 3.63) is 0 Å². The van der Waals surface area contributed by atoms with Crippen molar-refractivity contribution in [1.29, 1.82) is 0 Å². The molecule has 15 heavy (non-hydrogen) atoms. The van der Waals surface area contributed by atoms with Crippen LogP contribution in [0.5, 0.6) is 0 Å². The van der Waals surface area contributed by atoms with E-state index >= 15 is 0 Å². The lowest BCUT2D eigenvalue weighted by atomic mass is 9.99. The molecule has 1 heterocycles. The van der Waals surface area contributed by atoms with Gasteiger partial charge in [0.05, 0.1) is 6.61 Å². The Morgan fingerprint density at radius 1 is 1.47 bits per heavy atom. The predicted molar refractivity (Wildman–Crippen MR) is 61.6 cm³/mol. The molecule has 1 rings (SSSR count). The topological polar surface area (TPSA) is 55.6 Å². The highest BCUT2D eigenvalue weighted by atomic mass is 16.5. The molecule has 2 N–H and O–H groups in total. The maximum absolute atomic E-state index is 8.58. The van der Waals surface area contributed by atoms with Gasteiger partial charge in [-0.05, 0) is 38.8 Å². The highest BCUT2D eigenvalue weighted by Crippen LogP contribution is 2.15. The summed E-state index contributed by atoms with van der Waals surface area (Å²) in [5, 5.41) is 0. The van der Waals surface area contributed by atoms with E-state index in [2.05, 4.69) is 24.5 Å². The summed E-state index contributed by atoms with van der Waals surface area (Å²) in [6.45, 7) is 9.83. The zero-order chi connectivity index (χ0) is 11.5. The molecule has 1 fully saturated rings. The number of hydrogen-bond donors (Lipinski definition) is 1. The van der Waals surface area contributed by atoms with E-state index in [-0.39, 0.29) is 6.41 Å². The van der Waals surface area contributed by atoms with E-state index in [1.54, 1.807) is 0 Å². The smallest absolute Gasteiger partial charge is 0.204 e. The Hall–Kier alpha value is -0.610. The quantitative estimate of drug-likeness (QED) is 0.560. The van der Waals surface area contributed by atoms with Crippen molar-refractivity contribution in [2.75, 3.05) is 32.8 Å². The van der Waals surface area contributed by atoms with Gasteiger partial charge in [-0.25, -0.2) is 0 Å². The molecule has 0 aliphatic carbocycles. The summed E-state index contributed by atoms with van der Waals surface area (Å²) in [7, 11) is 0. The average molecular weight is 216 g/mol. The lowest BCUT2D eigenvalue weighted by Gasteiger charge is -2.29. The molecule has 0 saturated carbocycles. The second-order valence-electron chi connectivity index (χ2n) is 3.86. The number of nitrogens with zero attached hydrogens (tertiary/aromatic N) is 1. The Balaban J connectivity index is 0.000000583. The maximum atomic E-state index is 8.58. The van der Waals surface area contributed by atoms with Crippen LogP contribution in [-0.4, -0.2) is 44.2 Å². The zero-order valence-electron chi connectivity index (χ0n) is 9.95. The van der Waals surface area contributed by atoms with Crippen LogP contribution in [0, 0.1) is 5.92 Å². The maximum Gasteiger partial charge on any atom is 0.204 e. The molecular weight excluding hydrogens is 192 g/mol. The van der Waals surface area contributed by atoms with Crippen molar-refractivity contribution >= 4 is 6.41 Å².